The molecule has 18 heavy (non-hydrogen) atoms. The van der Waals surface area contributed by atoms with Crippen LogP contribution >= 0.6 is 11.6 Å². The first-order valence-corrected chi connectivity index (χ1v) is 5.42. The van der Waals surface area contributed by atoms with Crippen LogP contribution in [0.15, 0.2) is 12.1 Å². The number of aryl methyl sites for hydroxylation is 1. The van der Waals surface area contributed by atoms with E-state index in [1.54, 1.807) is 13.0 Å². The van der Waals surface area contributed by atoms with Gasteiger partial charge >= 0.3 is 12.0 Å². The standard InChI is InChI=1S/C11H13ClN2O4/c1-6-3-9(18-2)7(12)4-8(6)14-11(17)13-5-10(15)16/h3-4H,5H2,1-2H3,(H,15,16)(H2,13,14,17). The van der Waals surface area contributed by atoms with Crippen molar-refractivity contribution in [2.24, 2.45) is 0 Å². The predicted octanol–water partition coefficient (Wildman–Crippen LogP) is 1.86. The van der Waals surface area contributed by atoms with Crippen LogP contribution in [0.2, 0.25) is 5.02 Å². The molecule has 0 saturated heterocycles. The van der Waals surface area contributed by atoms with Crippen LogP contribution in [-0.4, -0.2) is 30.8 Å². The molecule has 0 aromatic heterocycles. The zero-order valence-corrected chi connectivity index (χ0v) is 10.7. The summed E-state index contributed by atoms with van der Waals surface area (Å²) in [4.78, 5) is 21.7. The number of urea groups is 1. The van der Waals surface area contributed by atoms with Crippen LogP contribution in [0.4, 0.5) is 10.5 Å². The van der Waals surface area contributed by atoms with Crippen LogP contribution in [-0.2, 0) is 4.79 Å². The summed E-state index contributed by atoms with van der Waals surface area (Å²) in [5, 5.41) is 13.5. The van der Waals surface area contributed by atoms with Gasteiger partial charge in [0.2, 0.25) is 0 Å². The van der Waals surface area contributed by atoms with Gasteiger partial charge in [-0.05, 0) is 24.6 Å². The zero-order chi connectivity index (χ0) is 13.7. The lowest BCUT2D eigenvalue weighted by Gasteiger charge is -2.11. The number of anilines is 1. The monoisotopic (exact) mass is 272 g/mol. The highest BCUT2D eigenvalue weighted by atomic mass is 35.5. The van der Waals surface area contributed by atoms with Crippen LogP contribution in [0.3, 0.4) is 0 Å². The molecule has 98 valence electrons. The molecule has 0 unspecified atom stereocenters. The van der Waals surface area contributed by atoms with Crippen molar-refractivity contribution in [3.05, 3.63) is 22.7 Å². The first-order valence-electron chi connectivity index (χ1n) is 5.05. The van der Waals surface area contributed by atoms with Crippen LogP contribution in [0.1, 0.15) is 5.56 Å². The fraction of sp³-hybridized carbons (Fsp3) is 0.273. The second-order valence-electron chi connectivity index (χ2n) is 3.50. The number of ether oxygens (including phenoxy) is 1. The fourth-order valence-corrected chi connectivity index (χ4v) is 1.51. The summed E-state index contributed by atoms with van der Waals surface area (Å²) in [6.45, 7) is 1.32. The molecule has 0 atom stereocenters. The average Bonchev–Trinajstić information content (AvgIpc) is 2.30. The van der Waals surface area contributed by atoms with Crippen molar-refractivity contribution in [3.8, 4) is 5.75 Å². The topological polar surface area (TPSA) is 87.7 Å². The molecule has 1 rings (SSSR count). The lowest BCUT2D eigenvalue weighted by Crippen LogP contribution is -2.33. The van der Waals surface area contributed by atoms with Crippen molar-refractivity contribution in [2.45, 2.75) is 6.92 Å². The van der Waals surface area contributed by atoms with Crippen LogP contribution in [0, 0.1) is 6.92 Å². The van der Waals surface area contributed by atoms with Gasteiger partial charge in [-0.1, -0.05) is 11.6 Å². The molecule has 2 amide bonds. The van der Waals surface area contributed by atoms with Gasteiger partial charge in [0.15, 0.2) is 0 Å². The summed E-state index contributed by atoms with van der Waals surface area (Å²) in [6, 6.07) is 2.60. The molecule has 1 aromatic rings. The molecule has 1 aromatic carbocycles. The van der Waals surface area contributed by atoms with Crippen molar-refractivity contribution in [1.82, 2.24) is 5.32 Å². The molecule has 0 saturated carbocycles. The first kappa shape index (κ1) is 14.1. The second-order valence-corrected chi connectivity index (χ2v) is 3.91. The molecule has 0 bridgehead atoms. The molecule has 6 nitrogen and oxygen atoms in total. The number of hydrogen-bond acceptors (Lipinski definition) is 3. The quantitative estimate of drug-likeness (QED) is 0.781. The van der Waals surface area contributed by atoms with Gasteiger partial charge in [-0.25, -0.2) is 4.79 Å². The van der Waals surface area contributed by atoms with Gasteiger partial charge < -0.3 is 20.5 Å². The lowest BCUT2D eigenvalue weighted by atomic mass is 10.2. The Labute approximate surface area is 109 Å². The molecule has 0 aliphatic carbocycles. The SMILES string of the molecule is COc1cc(C)c(NC(=O)NCC(=O)O)cc1Cl. The Morgan fingerprint density at radius 1 is 1.44 bits per heavy atom. The average molecular weight is 273 g/mol. The van der Waals surface area contributed by atoms with E-state index in [-0.39, 0.29) is 0 Å². The first-order chi connectivity index (χ1) is 8.43. The van der Waals surface area contributed by atoms with Gasteiger partial charge in [-0.15, -0.1) is 0 Å². The van der Waals surface area contributed by atoms with E-state index in [1.807, 2.05) is 0 Å². The van der Waals surface area contributed by atoms with Crippen LogP contribution in [0.5, 0.6) is 5.75 Å². The van der Waals surface area contributed by atoms with E-state index in [1.165, 1.54) is 13.2 Å². The maximum absolute atomic E-state index is 11.4. The number of rotatable bonds is 4. The predicted molar refractivity (Wildman–Crippen MR) is 67.4 cm³/mol. The normalized spacial score (nSPS) is 9.72. The molecule has 0 fully saturated rings. The highest BCUT2D eigenvalue weighted by Gasteiger charge is 2.09. The second kappa shape index (κ2) is 6.11. The van der Waals surface area contributed by atoms with Gasteiger partial charge in [-0.3, -0.25) is 4.79 Å². The summed E-state index contributed by atoms with van der Waals surface area (Å²) in [7, 11) is 1.49. The Morgan fingerprint density at radius 3 is 2.67 bits per heavy atom. The third-order valence-corrected chi connectivity index (χ3v) is 2.44. The van der Waals surface area contributed by atoms with Crippen molar-refractivity contribution >= 4 is 29.3 Å². The number of carbonyl (C=O) groups excluding carboxylic acids is 1. The molecule has 0 aliphatic heterocycles. The molecular formula is C11H13ClN2O4. The zero-order valence-electron chi connectivity index (χ0n) is 9.91. The minimum Gasteiger partial charge on any atom is -0.495 e. The summed E-state index contributed by atoms with van der Waals surface area (Å²) in [5.41, 5.74) is 1.24. The van der Waals surface area contributed by atoms with Gasteiger partial charge in [-0.2, -0.15) is 0 Å². The minimum atomic E-state index is -1.12. The number of carboxylic acid groups (broad SMARTS) is 1. The Kier molecular flexibility index (Phi) is 4.79. The van der Waals surface area contributed by atoms with Crippen molar-refractivity contribution in [1.29, 1.82) is 0 Å². The van der Waals surface area contributed by atoms with Gasteiger partial charge in [0, 0.05) is 5.69 Å². The summed E-state index contributed by atoms with van der Waals surface area (Å²) < 4.78 is 5.03. The number of aliphatic carboxylic acids is 1. The summed E-state index contributed by atoms with van der Waals surface area (Å²) in [5.74, 6) is -0.611. The van der Waals surface area contributed by atoms with E-state index < -0.39 is 18.5 Å². The smallest absolute Gasteiger partial charge is 0.323 e. The van der Waals surface area contributed by atoms with E-state index >= 15 is 0 Å². The maximum atomic E-state index is 11.4. The molecular weight excluding hydrogens is 260 g/mol. The highest BCUT2D eigenvalue weighted by molar-refractivity contribution is 6.32. The third-order valence-electron chi connectivity index (χ3n) is 2.15. The number of halogens is 1. The minimum absolute atomic E-state index is 0.358. The van der Waals surface area contributed by atoms with Gasteiger partial charge in [0.25, 0.3) is 0 Å². The Bertz CT molecular complexity index is 476. The Balaban J connectivity index is 2.76. The third kappa shape index (κ3) is 3.81. The molecule has 0 spiro atoms. The Morgan fingerprint density at radius 2 is 2.11 bits per heavy atom. The molecule has 0 aliphatic rings. The largest absolute Gasteiger partial charge is 0.495 e. The Hall–Kier alpha value is -1.95. The van der Waals surface area contributed by atoms with Crippen molar-refractivity contribution in [3.63, 3.8) is 0 Å². The van der Waals surface area contributed by atoms with E-state index in [0.717, 1.165) is 5.56 Å². The van der Waals surface area contributed by atoms with E-state index in [0.29, 0.717) is 16.5 Å². The van der Waals surface area contributed by atoms with Gasteiger partial charge in [0.05, 0.1) is 12.1 Å². The number of methoxy groups -OCH3 is 1. The van der Waals surface area contributed by atoms with E-state index in [4.69, 9.17) is 21.4 Å². The molecule has 7 heteroatoms. The fourth-order valence-electron chi connectivity index (χ4n) is 1.27. The van der Waals surface area contributed by atoms with Gasteiger partial charge in [0.1, 0.15) is 12.3 Å². The van der Waals surface area contributed by atoms with Crippen molar-refractivity contribution in [2.75, 3.05) is 19.0 Å². The molecule has 0 radical (unpaired) electrons. The van der Waals surface area contributed by atoms with E-state index in [9.17, 15) is 9.59 Å². The number of amides is 2. The van der Waals surface area contributed by atoms with Crippen LogP contribution in [0.25, 0.3) is 0 Å². The number of benzene rings is 1. The number of hydrogen-bond donors (Lipinski definition) is 3. The molecule has 3 N–H and O–H groups in total. The summed E-state index contributed by atoms with van der Waals surface area (Å²) in [6.07, 6.45) is 0. The van der Waals surface area contributed by atoms with E-state index in [2.05, 4.69) is 10.6 Å². The molecule has 0 heterocycles. The number of carbonyl (C=O) groups is 2. The number of nitrogens with one attached hydrogen (secondary N) is 2. The van der Waals surface area contributed by atoms with Crippen molar-refractivity contribution < 1.29 is 19.4 Å². The van der Waals surface area contributed by atoms with Crippen LogP contribution < -0.4 is 15.4 Å². The summed E-state index contributed by atoms with van der Waals surface area (Å²) >= 11 is 5.92. The lowest BCUT2D eigenvalue weighted by molar-refractivity contribution is -0.135. The number of carboxylic acids is 1. The highest BCUT2D eigenvalue weighted by Crippen LogP contribution is 2.30. The maximum Gasteiger partial charge on any atom is 0.323 e.